The normalized spacial score (nSPS) is 10.5. The highest BCUT2D eigenvalue weighted by molar-refractivity contribution is 7.99. The summed E-state index contributed by atoms with van der Waals surface area (Å²) in [6.07, 6.45) is 5.02. The van der Waals surface area contributed by atoms with Crippen molar-refractivity contribution in [1.29, 1.82) is 0 Å². The van der Waals surface area contributed by atoms with Crippen molar-refractivity contribution in [3.8, 4) is 5.75 Å². The lowest BCUT2D eigenvalue weighted by molar-refractivity contribution is 0.462. The van der Waals surface area contributed by atoms with E-state index in [4.69, 9.17) is 11.6 Å². The van der Waals surface area contributed by atoms with Gasteiger partial charge in [0.1, 0.15) is 5.75 Å². The number of hydrogen-bond donors (Lipinski definition) is 1. The maximum Gasteiger partial charge on any atom is 0.129 e. The third kappa shape index (κ3) is 4.80. The molecule has 0 radical (unpaired) electrons. The van der Waals surface area contributed by atoms with Gasteiger partial charge in [0.15, 0.2) is 0 Å². The van der Waals surface area contributed by atoms with Gasteiger partial charge in [0, 0.05) is 5.02 Å². The summed E-state index contributed by atoms with van der Waals surface area (Å²) in [4.78, 5) is 0.888. The fraction of sp³-hybridized carbons (Fsp3) is 0.500. The summed E-state index contributed by atoms with van der Waals surface area (Å²) in [5, 5.41) is 10.2. The monoisotopic (exact) mass is 244 g/mol. The predicted molar refractivity (Wildman–Crippen MR) is 68.0 cm³/mol. The Labute approximate surface area is 101 Å². The number of unbranched alkanes of at least 4 members (excludes halogenated alkanes) is 3. The number of hydrogen-bond acceptors (Lipinski definition) is 2. The SMILES string of the molecule is CCCCCCSc1cc(Cl)ccc1O. The minimum Gasteiger partial charge on any atom is -0.507 e. The lowest BCUT2D eigenvalue weighted by Crippen LogP contribution is -1.82. The van der Waals surface area contributed by atoms with Crippen LogP contribution >= 0.6 is 23.4 Å². The van der Waals surface area contributed by atoms with E-state index in [1.807, 2.05) is 6.07 Å². The van der Waals surface area contributed by atoms with Gasteiger partial charge in [-0.15, -0.1) is 11.8 Å². The van der Waals surface area contributed by atoms with Crippen LogP contribution in [-0.2, 0) is 0 Å². The highest BCUT2D eigenvalue weighted by Gasteiger charge is 2.02. The zero-order valence-electron chi connectivity index (χ0n) is 9.00. The molecule has 1 aromatic rings. The van der Waals surface area contributed by atoms with Crippen LogP contribution < -0.4 is 0 Å². The maximum atomic E-state index is 9.56. The molecule has 0 saturated heterocycles. The summed E-state index contributed by atoms with van der Waals surface area (Å²) in [6.45, 7) is 2.20. The highest BCUT2D eigenvalue weighted by atomic mass is 35.5. The van der Waals surface area contributed by atoms with Crippen molar-refractivity contribution in [3.05, 3.63) is 23.2 Å². The Morgan fingerprint density at radius 2 is 2.07 bits per heavy atom. The van der Waals surface area contributed by atoms with Crippen LogP contribution in [0.25, 0.3) is 0 Å². The van der Waals surface area contributed by atoms with Crippen LogP contribution in [-0.4, -0.2) is 10.9 Å². The minimum atomic E-state index is 0.333. The van der Waals surface area contributed by atoms with Crippen LogP contribution in [0.4, 0.5) is 0 Å². The van der Waals surface area contributed by atoms with Gasteiger partial charge in [-0.2, -0.15) is 0 Å². The van der Waals surface area contributed by atoms with E-state index in [-0.39, 0.29) is 0 Å². The van der Waals surface area contributed by atoms with Gasteiger partial charge in [-0.3, -0.25) is 0 Å². The summed E-state index contributed by atoms with van der Waals surface area (Å²) in [7, 11) is 0. The molecule has 0 saturated carbocycles. The Bertz CT molecular complexity index is 302. The van der Waals surface area contributed by atoms with Crippen LogP contribution in [0.15, 0.2) is 23.1 Å². The first-order valence-corrected chi connectivity index (χ1v) is 6.71. The molecule has 0 amide bonds. The van der Waals surface area contributed by atoms with Gasteiger partial charge in [0.25, 0.3) is 0 Å². The van der Waals surface area contributed by atoms with Crippen molar-refractivity contribution >= 4 is 23.4 Å². The molecule has 0 aliphatic rings. The van der Waals surface area contributed by atoms with Crippen molar-refractivity contribution in [3.63, 3.8) is 0 Å². The summed E-state index contributed by atoms with van der Waals surface area (Å²) in [6, 6.07) is 5.18. The van der Waals surface area contributed by atoms with E-state index in [1.165, 1.54) is 25.7 Å². The van der Waals surface area contributed by atoms with E-state index < -0.39 is 0 Å². The molecular formula is C12H17ClOS. The standard InChI is InChI=1S/C12H17ClOS/c1-2-3-4-5-8-15-12-9-10(13)6-7-11(12)14/h6-7,9,14H,2-5,8H2,1H3. The Kier molecular flexibility index (Phi) is 5.96. The van der Waals surface area contributed by atoms with Gasteiger partial charge in [0.05, 0.1) is 4.90 Å². The average Bonchev–Trinajstić information content (AvgIpc) is 2.23. The van der Waals surface area contributed by atoms with Crippen LogP contribution in [0.5, 0.6) is 5.75 Å². The molecular weight excluding hydrogens is 228 g/mol. The number of aromatic hydroxyl groups is 1. The number of thioether (sulfide) groups is 1. The number of benzene rings is 1. The molecule has 0 heterocycles. The van der Waals surface area contributed by atoms with E-state index >= 15 is 0 Å². The third-order valence-electron chi connectivity index (χ3n) is 2.18. The molecule has 0 aliphatic carbocycles. The molecule has 1 N–H and O–H groups in total. The summed E-state index contributed by atoms with van der Waals surface area (Å²) < 4.78 is 0. The van der Waals surface area contributed by atoms with Crippen molar-refractivity contribution in [2.45, 2.75) is 37.5 Å². The topological polar surface area (TPSA) is 20.2 Å². The first-order chi connectivity index (χ1) is 7.24. The summed E-state index contributed by atoms with van der Waals surface area (Å²) in [5.74, 6) is 1.38. The lowest BCUT2D eigenvalue weighted by Gasteiger charge is -2.04. The summed E-state index contributed by atoms with van der Waals surface area (Å²) in [5.41, 5.74) is 0. The quantitative estimate of drug-likeness (QED) is 0.577. The fourth-order valence-electron chi connectivity index (χ4n) is 1.31. The molecule has 0 spiro atoms. The number of phenols is 1. The first kappa shape index (κ1) is 12.7. The molecule has 1 rings (SSSR count). The van der Waals surface area contributed by atoms with E-state index in [9.17, 15) is 5.11 Å². The second kappa shape index (κ2) is 7.02. The van der Waals surface area contributed by atoms with Gasteiger partial charge >= 0.3 is 0 Å². The average molecular weight is 245 g/mol. The van der Waals surface area contributed by atoms with E-state index in [2.05, 4.69) is 6.92 Å². The highest BCUT2D eigenvalue weighted by Crippen LogP contribution is 2.31. The Hall–Kier alpha value is -0.340. The molecule has 0 aromatic heterocycles. The van der Waals surface area contributed by atoms with E-state index in [0.717, 1.165) is 10.6 Å². The number of phenolic OH excluding ortho intramolecular Hbond substituents is 1. The second-order valence-electron chi connectivity index (χ2n) is 3.52. The Morgan fingerprint density at radius 1 is 1.27 bits per heavy atom. The van der Waals surface area contributed by atoms with Crippen LogP contribution in [0, 0.1) is 0 Å². The molecule has 1 nitrogen and oxygen atoms in total. The predicted octanol–water partition coefficient (Wildman–Crippen LogP) is 4.72. The zero-order valence-corrected chi connectivity index (χ0v) is 10.6. The molecule has 1 aromatic carbocycles. The van der Waals surface area contributed by atoms with E-state index in [0.29, 0.717) is 10.8 Å². The van der Waals surface area contributed by atoms with Crippen molar-refractivity contribution < 1.29 is 5.11 Å². The zero-order chi connectivity index (χ0) is 11.1. The van der Waals surface area contributed by atoms with Gasteiger partial charge in [-0.25, -0.2) is 0 Å². The Morgan fingerprint density at radius 3 is 2.80 bits per heavy atom. The van der Waals surface area contributed by atoms with E-state index in [1.54, 1.807) is 23.9 Å². The number of rotatable bonds is 6. The van der Waals surface area contributed by atoms with Gasteiger partial charge in [-0.1, -0.05) is 37.8 Å². The van der Waals surface area contributed by atoms with Crippen molar-refractivity contribution in [2.24, 2.45) is 0 Å². The second-order valence-corrected chi connectivity index (χ2v) is 5.09. The maximum absolute atomic E-state index is 9.56. The molecule has 84 valence electrons. The molecule has 3 heteroatoms. The number of halogens is 1. The summed E-state index contributed by atoms with van der Waals surface area (Å²) >= 11 is 7.53. The first-order valence-electron chi connectivity index (χ1n) is 5.35. The smallest absolute Gasteiger partial charge is 0.129 e. The fourth-order valence-corrected chi connectivity index (χ4v) is 2.55. The van der Waals surface area contributed by atoms with Crippen LogP contribution in [0.1, 0.15) is 32.6 Å². The molecule has 15 heavy (non-hydrogen) atoms. The third-order valence-corrected chi connectivity index (χ3v) is 3.54. The minimum absolute atomic E-state index is 0.333. The molecule has 0 aliphatic heterocycles. The lowest BCUT2D eigenvalue weighted by atomic mass is 10.2. The van der Waals surface area contributed by atoms with Crippen LogP contribution in [0.2, 0.25) is 5.02 Å². The van der Waals surface area contributed by atoms with Gasteiger partial charge < -0.3 is 5.11 Å². The van der Waals surface area contributed by atoms with Crippen molar-refractivity contribution in [1.82, 2.24) is 0 Å². The molecule has 0 atom stereocenters. The molecule has 0 unspecified atom stereocenters. The van der Waals surface area contributed by atoms with Gasteiger partial charge in [0.2, 0.25) is 0 Å². The molecule has 0 fully saturated rings. The largest absolute Gasteiger partial charge is 0.507 e. The Balaban J connectivity index is 2.33. The van der Waals surface area contributed by atoms with Crippen molar-refractivity contribution in [2.75, 3.05) is 5.75 Å². The van der Waals surface area contributed by atoms with Gasteiger partial charge in [-0.05, 0) is 30.4 Å². The molecule has 0 bridgehead atoms. The van der Waals surface area contributed by atoms with Crippen LogP contribution in [0.3, 0.4) is 0 Å².